The van der Waals surface area contributed by atoms with E-state index in [1.807, 2.05) is 18.0 Å². The molecule has 0 atom stereocenters. The van der Waals surface area contributed by atoms with Crippen LogP contribution >= 0.6 is 0 Å². The lowest BCUT2D eigenvalue weighted by atomic mass is 10.3. The molecule has 0 saturated carbocycles. The van der Waals surface area contributed by atoms with Gasteiger partial charge in [-0.2, -0.15) is 0 Å². The molecule has 7 nitrogen and oxygen atoms in total. The molecule has 0 radical (unpaired) electrons. The molecular formula is C18H26N6O. The van der Waals surface area contributed by atoms with Crippen molar-refractivity contribution in [2.45, 2.75) is 40.3 Å². The zero-order valence-electron chi connectivity index (χ0n) is 15.3. The minimum atomic E-state index is -0.0523. The Labute approximate surface area is 148 Å². The van der Waals surface area contributed by atoms with Crippen molar-refractivity contribution >= 4 is 5.91 Å². The predicted octanol–water partition coefficient (Wildman–Crippen LogP) is 1.52. The van der Waals surface area contributed by atoms with E-state index in [0.29, 0.717) is 18.8 Å². The summed E-state index contributed by atoms with van der Waals surface area (Å²) in [6, 6.07) is 0. The van der Waals surface area contributed by atoms with E-state index in [0.717, 1.165) is 44.1 Å². The number of aryl methyl sites for hydroxylation is 1. The number of aromatic nitrogens is 4. The van der Waals surface area contributed by atoms with Gasteiger partial charge in [-0.25, -0.2) is 9.97 Å². The van der Waals surface area contributed by atoms with Crippen molar-refractivity contribution in [3.63, 3.8) is 0 Å². The Morgan fingerprint density at radius 1 is 1.08 bits per heavy atom. The quantitative estimate of drug-likeness (QED) is 0.824. The maximum atomic E-state index is 12.7. The fourth-order valence-corrected chi connectivity index (χ4v) is 3.16. The first kappa shape index (κ1) is 17.5. The molecule has 2 aromatic rings. The Kier molecular flexibility index (Phi) is 5.43. The summed E-state index contributed by atoms with van der Waals surface area (Å²) < 4.78 is 2.27. The zero-order valence-corrected chi connectivity index (χ0v) is 15.3. The summed E-state index contributed by atoms with van der Waals surface area (Å²) in [6.07, 6.45) is 5.95. The van der Waals surface area contributed by atoms with E-state index in [4.69, 9.17) is 0 Å². The van der Waals surface area contributed by atoms with Gasteiger partial charge in [0.05, 0.1) is 17.6 Å². The predicted molar refractivity (Wildman–Crippen MR) is 95.2 cm³/mol. The fourth-order valence-electron chi connectivity index (χ4n) is 3.16. The first-order valence-electron chi connectivity index (χ1n) is 8.96. The van der Waals surface area contributed by atoms with Crippen LogP contribution < -0.4 is 0 Å². The molecule has 0 N–H and O–H groups in total. The summed E-state index contributed by atoms with van der Waals surface area (Å²) in [5.74, 6) is 1.01. The Morgan fingerprint density at radius 3 is 2.56 bits per heavy atom. The lowest BCUT2D eigenvalue weighted by molar-refractivity contribution is 0.0752. The molecule has 0 bridgehead atoms. The highest BCUT2D eigenvalue weighted by molar-refractivity contribution is 5.92. The van der Waals surface area contributed by atoms with Crippen LogP contribution in [0.5, 0.6) is 0 Å². The van der Waals surface area contributed by atoms with Gasteiger partial charge in [0.2, 0.25) is 0 Å². The van der Waals surface area contributed by atoms with Crippen molar-refractivity contribution in [1.29, 1.82) is 0 Å². The maximum Gasteiger partial charge on any atom is 0.274 e. The standard InChI is InChI=1S/C18H26N6O/c1-4-22(5-2)13-15-11-21-17-6-7-23(8-9-24(15)17)18(25)16-12-19-14(3)10-20-16/h10-12H,4-9,13H2,1-3H3. The number of rotatable bonds is 5. The third kappa shape index (κ3) is 3.87. The summed E-state index contributed by atoms with van der Waals surface area (Å²) in [5, 5.41) is 0. The summed E-state index contributed by atoms with van der Waals surface area (Å²) in [5.41, 5.74) is 2.45. The van der Waals surface area contributed by atoms with Crippen LogP contribution in [-0.4, -0.2) is 61.4 Å². The van der Waals surface area contributed by atoms with E-state index in [2.05, 4.69) is 38.3 Å². The molecule has 1 aliphatic heterocycles. The smallest absolute Gasteiger partial charge is 0.274 e. The third-order valence-electron chi connectivity index (χ3n) is 4.79. The number of hydrogen-bond acceptors (Lipinski definition) is 5. The Balaban J connectivity index is 1.71. The molecule has 0 unspecified atom stereocenters. The van der Waals surface area contributed by atoms with Gasteiger partial charge in [-0.3, -0.25) is 14.7 Å². The second kappa shape index (κ2) is 7.74. The number of imidazole rings is 1. The largest absolute Gasteiger partial charge is 0.335 e. The van der Waals surface area contributed by atoms with Gasteiger partial charge in [0, 0.05) is 45.0 Å². The Morgan fingerprint density at radius 2 is 1.88 bits per heavy atom. The topological polar surface area (TPSA) is 67.2 Å². The number of carbonyl (C=O) groups is 1. The average Bonchev–Trinajstić information content (AvgIpc) is 2.88. The van der Waals surface area contributed by atoms with E-state index in [1.165, 1.54) is 5.69 Å². The van der Waals surface area contributed by atoms with Gasteiger partial charge < -0.3 is 9.47 Å². The van der Waals surface area contributed by atoms with Gasteiger partial charge in [-0.1, -0.05) is 13.8 Å². The molecule has 0 spiro atoms. The first-order chi connectivity index (χ1) is 12.1. The molecule has 3 heterocycles. The number of nitrogens with zero attached hydrogens (tertiary/aromatic N) is 6. The second-order valence-electron chi connectivity index (χ2n) is 6.36. The summed E-state index contributed by atoms with van der Waals surface area (Å²) in [4.78, 5) is 29.9. The minimum absolute atomic E-state index is 0.0523. The van der Waals surface area contributed by atoms with Gasteiger partial charge in [0.1, 0.15) is 11.5 Å². The Hall–Kier alpha value is -2.28. The van der Waals surface area contributed by atoms with Crippen molar-refractivity contribution in [3.05, 3.63) is 41.5 Å². The highest BCUT2D eigenvalue weighted by Gasteiger charge is 2.23. The van der Waals surface area contributed by atoms with Gasteiger partial charge in [0.15, 0.2) is 0 Å². The number of amides is 1. The van der Waals surface area contributed by atoms with Crippen LogP contribution in [0.15, 0.2) is 18.6 Å². The lowest BCUT2D eigenvalue weighted by Crippen LogP contribution is -2.34. The van der Waals surface area contributed by atoms with Crippen LogP contribution in [0.4, 0.5) is 0 Å². The Bertz CT molecular complexity index is 720. The molecule has 25 heavy (non-hydrogen) atoms. The maximum absolute atomic E-state index is 12.7. The van der Waals surface area contributed by atoms with Crippen LogP contribution in [0.3, 0.4) is 0 Å². The molecule has 0 saturated heterocycles. The van der Waals surface area contributed by atoms with Crippen molar-refractivity contribution in [1.82, 2.24) is 29.3 Å². The number of fused-ring (bicyclic) bond motifs is 1. The zero-order chi connectivity index (χ0) is 17.8. The van der Waals surface area contributed by atoms with Gasteiger partial charge in [-0.15, -0.1) is 0 Å². The molecule has 1 amide bonds. The van der Waals surface area contributed by atoms with Crippen LogP contribution in [0.1, 0.15) is 41.5 Å². The SMILES string of the molecule is CCN(CC)Cc1cnc2n1CCN(C(=O)c1cnc(C)cn1)CC2. The molecule has 0 aromatic carbocycles. The van der Waals surface area contributed by atoms with Gasteiger partial charge in [0.25, 0.3) is 5.91 Å². The van der Waals surface area contributed by atoms with Crippen LogP contribution in [-0.2, 0) is 19.5 Å². The number of hydrogen-bond donors (Lipinski definition) is 0. The fraction of sp³-hybridized carbons (Fsp3) is 0.556. The summed E-state index contributed by atoms with van der Waals surface area (Å²) in [7, 11) is 0. The molecule has 0 fully saturated rings. The van der Waals surface area contributed by atoms with E-state index < -0.39 is 0 Å². The highest BCUT2D eigenvalue weighted by Crippen LogP contribution is 2.15. The normalized spacial score (nSPS) is 14.5. The van der Waals surface area contributed by atoms with Gasteiger partial charge in [-0.05, 0) is 20.0 Å². The molecular weight excluding hydrogens is 316 g/mol. The average molecular weight is 342 g/mol. The van der Waals surface area contributed by atoms with Crippen molar-refractivity contribution in [2.75, 3.05) is 26.2 Å². The van der Waals surface area contributed by atoms with E-state index in [1.54, 1.807) is 12.4 Å². The summed E-state index contributed by atoms with van der Waals surface area (Å²) in [6.45, 7) is 11.3. The van der Waals surface area contributed by atoms with Crippen LogP contribution in [0.2, 0.25) is 0 Å². The second-order valence-corrected chi connectivity index (χ2v) is 6.36. The van der Waals surface area contributed by atoms with Crippen molar-refractivity contribution < 1.29 is 4.79 Å². The van der Waals surface area contributed by atoms with Crippen LogP contribution in [0.25, 0.3) is 0 Å². The third-order valence-corrected chi connectivity index (χ3v) is 4.79. The minimum Gasteiger partial charge on any atom is -0.335 e. The van der Waals surface area contributed by atoms with E-state index >= 15 is 0 Å². The van der Waals surface area contributed by atoms with Crippen molar-refractivity contribution in [2.24, 2.45) is 0 Å². The summed E-state index contributed by atoms with van der Waals surface area (Å²) >= 11 is 0. The number of carbonyl (C=O) groups excluding carboxylic acids is 1. The van der Waals surface area contributed by atoms with Gasteiger partial charge >= 0.3 is 0 Å². The van der Waals surface area contributed by atoms with E-state index in [9.17, 15) is 4.79 Å². The molecule has 3 rings (SSSR count). The van der Waals surface area contributed by atoms with Crippen LogP contribution in [0, 0.1) is 6.92 Å². The monoisotopic (exact) mass is 342 g/mol. The molecule has 1 aliphatic rings. The molecule has 7 heteroatoms. The lowest BCUT2D eigenvalue weighted by Gasteiger charge is -2.21. The van der Waals surface area contributed by atoms with Crippen molar-refractivity contribution in [3.8, 4) is 0 Å². The molecule has 2 aromatic heterocycles. The first-order valence-corrected chi connectivity index (χ1v) is 8.96. The highest BCUT2D eigenvalue weighted by atomic mass is 16.2. The molecule has 134 valence electrons. The molecule has 0 aliphatic carbocycles. The van der Waals surface area contributed by atoms with E-state index in [-0.39, 0.29) is 5.91 Å².